The molecule has 1 saturated heterocycles. The number of rotatable bonds is 2. The first-order valence-electron chi connectivity index (χ1n) is 4.53. The molecule has 15 heavy (non-hydrogen) atoms. The predicted molar refractivity (Wildman–Crippen MR) is 51.7 cm³/mol. The summed E-state index contributed by atoms with van der Waals surface area (Å²) >= 11 is 5.14. The molecule has 0 saturated carbocycles. The Morgan fingerprint density at radius 3 is 2.47 bits per heavy atom. The second kappa shape index (κ2) is 4.97. The zero-order valence-corrected chi connectivity index (χ0v) is 8.99. The molecule has 0 aromatic carbocycles. The van der Waals surface area contributed by atoms with Crippen LogP contribution in [0.5, 0.6) is 0 Å². The molecule has 1 aliphatic rings. The Kier molecular flexibility index (Phi) is 3.90. The molecule has 84 valence electrons. The van der Waals surface area contributed by atoms with Crippen LogP contribution in [0.2, 0.25) is 0 Å². The fourth-order valence-corrected chi connectivity index (χ4v) is 1.29. The molecule has 0 unspecified atom stereocenters. The first kappa shape index (κ1) is 11.8. The summed E-state index contributed by atoms with van der Waals surface area (Å²) in [5.74, 6) is 0. The highest BCUT2D eigenvalue weighted by atomic mass is 35.5. The van der Waals surface area contributed by atoms with Crippen LogP contribution in [0.3, 0.4) is 0 Å². The van der Waals surface area contributed by atoms with Crippen LogP contribution in [-0.4, -0.2) is 47.0 Å². The van der Waals surface area contributed by atoms with Crippen molar-refractivity contribution in [1.29, 1.82) is 0 Å². The van der Waals surface area contributed by atoms with E-state index >= 15 is 0 Å². The molecule has 0 aliphatic carbocycles. The Balaban J connectivity index is 2.55. The summed E-state index contributed by atoms with van der Waals surface area (Å²) in [7, 11) is 0. The molecule has 0 radical (unpaired) electrons. The highest BCUT2D eigenvalue weighted by Gasteiger charge is 2.37. The maximum atomic E-state index is 11.4. The standard InChI is InChI=1S/C8H11ClN2O4/c1-2-5-15-8(14)11-4-3-10(6(9)12)7(11)13/h2-5H2,1H3. The number of halogens is 1. The van der Waals surface area contributed by atoms with Gasteiger partial charge < -0.3 is 4.74 Å². The molecule has 1 fully saturated rings. The van der Waals surface area contributed by atoms with Crippen LogP contribution >= 0.6 is 11.6 Å². The Morgan fingerprint density at radius 2 is 2.00 bits per heavy atom. The lowest BCUT2D eigenvalue weighted by Gasteiger charge is -2.13. The van der Waals surface area contributed by atoms with Gasteiger partial charge in [0.2, 0.25) is 0 Å². The normalized spacial score (nSPS) is 15.7. The lowest BCUT2D eigenvalue weighted by atomic mass is 10.5. The van der Waals surface area contributed by atoms with Crippen LogP contribution < -0.4 is 0 Å². The van der Waals surface area contributed by atoms with Crippen LogP contribution in [0.1, 0.15) is 13.3 Å². The Hall–Kier alpha value is -1.30. The predicted octanol–water partition coefficient (Wildman–Crippen LogP) is 1.63. The molecule has 4 amide bonds. The first-order chi connectivity index (χ1) is 7.07. The molecule has 1 rings (SSSR count). The number of hydrogen-bond acceptors (Lipinski definition) is 4. The molecule has 0 N–H and O–H groups in total. The third kappa shape index (κ3) is 2.59. The minimum atomic E-state index is -0.884. The quantitative estimate of drug-likeness (QED) is 0.538. The Labute approximate surface area is 91.7 Å². The summed E-state index contributed by atoms with van der Waals surface area (Å²) in [4.78, 5) is 35.1. The van der Waals surface area contributed by atoms with Gasteiger partial charge in [-0.15, -0.1) is 0 Å². The number of carbonyl (C=O) groups is 3. The van der Waals surface area contributed by atoms with Crippen molar-refractivity contribution < 1.29 is 19.1 Å². The van der Waals surface area contributed by atoms with E-state index in [0.29, 0.717) is 6.42 Å². The molecule has 6 nitrogen and oxygen atoms in total. The van der Waals surface area contributed by atoms with Gasteiger partial charge >= 0.3 is 17.5 Å². The number of hydrogen-bond donors (Lipinski definition) is 0. The van der Waals surface area contributed by atoms with E-state index in [4.69, 9.17) is 16.3 Å². The van der Waals surface area contributed by atoms with Gasteiger partial charge in [0.15, 0.2) is 0 Å². The van der Waals surface area contributed by atoms with Crippen molar-refractivity contribution in [3.05, 3.63) is 0 Å². The van der Waals surface area contributed by atoms with Crippen molar-refractivity contribution in [3.8, 4) is 0 Å². The van der Waals surface area contributed by atoms with Crippen molar-refractivity contribution in [3.63, 3.8) is 0 Å². The fourth-order valence-electron chi connectivity index (χ4n) is 1.14. The lowest BCUT2D eigenvalue weighted by molar-refractivity contribution is 0.115. The average molecular weight is 235 g/mol. The van der Waals surface area contributed by atoms with Crippen molar-refractivity contribution in [2.24, 2.45) is 0 Å². The van der Waals surface area contributed by atoms with Gasteiger partial charge in [0.25, 0.3) is 0 Å². The summed E-state index contributed by atoms with van der Waals surface area (Å²) in [6.07, 6.45) is -0.0615. The largest absolute Gasteiger partial charge is 0.449 e. The minimum Gasteiger partial charge on any atom is -0.449 e. The number of nitrogens with zero attached hydrogens (tertiary/aromatic N) is 2. The molecular weight excluding hydrogens is 224 g/mol. The van der Waals surface area contributed by atoms with Crippen LogP contribution in [-0.2, 0) is 4.74 Å². The van der Waals surface area contributed by atoms with Crippen LogP contribution in [0.15, 0.2) is 0 Å². The molecule has 7 heteroatoms. The van der Waals surface area contributed by atoms with Crippen LogP contribution in [0.4, 0.5) is 14.4 Å². The van der Waals surface area contributed by atoms with E-state index in [1.54, 1.807) is 0 Å². The molecule has 0 aromatic rings. The molecule has 0 bridgehead atoms. The van der Waals surface area contributed by atoms with E-state index in [-0.39, 0.29) is 19.7 Å². The maximum Gasteiger partial charge on any atom is 0.418 e. The van der Waals surface area contributed by atoms with Gasteiger partial charge in [-0.3, -0.25) is 4.79 Å². The lowest BCUT2D eigenvalue weighted by Crippen LogP contribution is -2.37. The maximum absolute atomic E-state index is 11.4. The van der Waals surface area contributed by atoms with Gasteiger partial charge in [0.1, 0.15) is 0 Å². The van der Waals surface area contributed by atoms with Gasteiger partial charge in [0.05, 0.1) is 19.7 Å². The highest BCUT2D eigenvalue weighted by Crippen LogP contribution is 2.12. The van der Waals surface area contributed by atoms with E-state index in [0.717, 1.165) is 9.80 Å². The van der Waals surface area contributed by atoms with Gasteiger partial charge in [-0.25, -0.2) is 19.4 Å². The van der Waals surface area contributed by atoms with E-state index in [1.807, 2.05) is 6.92 Å². The average Bonchev–Trinajstić information content (AvgIpc) is 2.56. The second-order valence-electron chi connectivity index (χ2n) is 2.95. The Morgan fingerprint density at radius 1 is 1.40 bits per heavy atom. The van der Waals surface area contributed by atoms with Gasteiger partial charge in [-0.05, 0) is 18.0 Å². The zero-order valence-electron chi connectivity index (χ0n) is 8.23. The number of ether oxygens (including phenoxy) is 1. The van der Waals surface area contributed by atoms with E-state index in [9.17, 15) is 14.4 Å². The monoisotopic (exact) mass is 234 g/mol. The molecule has 1 heterocycles. The van der Waals surface area contributed by atoms with E-state index in [2.05, 4.69) is 0 Å². The number of amides is 4. The third-order valence-corrected chi connectivity index (χ3v) is 2.08. The highest BCUT2D eigenvalue weighted by molar-refractivity contribution is 6.64. The molecule has 0 spiro atoms. The Bertz CT molecular complexity index is 294. The van der Waals surface area contributed by atoms with Gasteiger partial charge in [-0.2, -0.15) is 0 Å². The summed E-state index contributed by atoms with van der Waals surface area (Å²) in [5.41, 5.74) is 0. The minimum absolute atomic E-state index is 0.113. The number of carbonyl (C=O) groups excluding carboxylic acids is 3. The van der Waals surface area contributed by atoms with Crippen molar-refractivity contribution >= 4 is 29.1 Å². The molecule has 0 atom stereocenters. The fraction of sp³-hybridized carbons (Fsp3) is 0.625. The number of imide groups is 2. The number of urea groups is 1. The summed E-state index contributed by atoms with van der Waals surface area (Å²) in [5, 5.41) is -0.884. The summed E-state index contributed by atoms with van der Waals surface area (Å²) in [6, 6.07) is -0.726. The summed E-state index contributed by atoms with van der Waals surface area (Å²) in [6.45, 7) is 2.33. The van der Waals surface area contributed by atoms with Crippen LogP contribution in [0, 0.1) is 0 Å². The third-order valence-electron chi connectivity index (χ3n) is 1.87. The van der Waals surface area contributed by atoms with Crippen LogP contribution in [0.25, 0.3) is 0 Å². The van der Waals surface area contributed by atoms with Gasteiger partial charge in [0, 0.05) is 0 Å². The molecule has 1 aliphatic heterocycles. The second-order valence-corrected chi connectivity index (χ2v) is 3.28. The smallest absolute Gasteiger partial charge is 0.418 e. The van der Waals surface area contributed by atoms with Crippen molar-refractivity contribution in [2.45, 2.75) is 13.3 Å². The summed E-state index contributed by atoms with van der Waals surface area (Å²) < 4.78 is 4.76. The zero-order chi connectivity index (χ0) is 11.4. The van der Waals surface area contributed by atoms with Crippen molar-refractivity contribution in [1.82, 2.24) is 9.80 Å². The van der Waals surface area contributed by atoms with Crippen molar-refractivity contribution in [2.75, 3.05) is 19.7 Å². The molecular formula is C8H11ClN2O4. The molecule has 0 aromatic heterocycles. The SMILES string of the molecule is CCCOC(=O)N1CCN(C(=O)Cl)C1=O. The van der Waals surface area contributed by atoms with Gasteiger partial charge in [-0.1, -0.05) is 6.92 Å². The topological polar surface area (TPSA) is 66.9 Å². The first-order valence-corrected chi connectivity index (χ1v) is 4.91. The van der Waals surface area contributed by atoms with E-state index < -0.39 is 17.5 Å². The van der Waals surface area contributed by atoms with E-state index in [1.165, 1.54) is 0 Å².